The average molecular weight is 286 g/mol. The van der Waals surface area contributed by atoms with Gasteiger partial charge in [0, 0.05) is 25.2 Å². The molecule has 3 rings (SSSR count). The van der Waals surface area contributed by atoms with Gasteiger partial charge in [-0.25, -0.2) is 9.97 Å². The summed E-state index contributed by atoms with van der Waals surface area (Å²) in [4.78, 5) is 12.0. The highest BCUT2D eigenvalue weighted by atomic mass is 15.2. The van der Waals surface area contributed by atoms with Crippen LogP contribution < -0.4 is 0 Å². The molecule has 0 saturated carbocycles. The first-order valence-corrected chi connectivity index (χ1v) is 8.01. The standard InChI is InChI=1S/C17H26N4/c1-5-20-10-8-13(11-20)15-19-14-7-6-9-18-16(14)21(15)12-17(2,3)4/h6-7,9,13H,5,8,10-12H2,1-4H3. The van der Waals surface area contributed by atoms with Gasteiger partial charge in [-0.05, 0) is 37.1 Å². The number of pyridine rings is 1. The Labute approximate surface area is 127 Å². The summed E-state index contributed by atoms with van der Waals surface area (Å²) in [5, 5.41) is 0. The molecule has 0 aliphatic carbocycles. The molecule has 1 aliphatic heterocycles. The lowest BCUT2D eigenvalue weighted by molar-refractivity contribution is 0.331. The minimum atomic E-state index is 0.225. The molecule has 2 aromatic heterocycles. The van der Waals surface area contributed by atoms with Gasteiger partial charge in [0.05, 0.1) is 0 Å². The highest BCUT2D eigenvalue weighted by molar-refractivity contribution is 5.71. The Kier molecular flexibility index (Phi) is 3.74. The van der Waals surface area contributed by atoms with Gasteiger partial charge in [0.25, 0.3) is 0 Å². The van der Waals surface area contributed by atoms with Crippen LogP contribution in [-0.2, 0) is 6.54 Å². The summed E-state index contributed by atoms with van der Waals surface area (Å²) < 4.78 is 2.36. The number of nitrogens with zero attached hydrogens (tertiary/aromatic N) is 4. The molecular formula is C17H26N4. The van der Waals surface area contributed by atoms with Gasteiger partial charge in [0.2, 0.25) is 0 Å². The van der Waals surface area contributed by atoms with Gasteiger partial charge in [0.15, 0.2) is 5.65 Å². The van der Waals surface area contributed by atoms with Gasteiger partial charge in [0.1, 0.15) is 11.3 Å². The lowest BCUT2D eigenvalue weighted by atomic mass is 9.96. The summed E-state index contributed by atoms with van der Waals surface area (Å²) in [7, 11) is 0. The fourth-order valence-electron chi connectivity index (χ4n) is 3.25. The molecule has 0 spiro atoms. The molecular weight excluding hydrogens is 260 g/mol. The topological polar surface area (TPSA) is 34.0 Å². The maximum atomic E-state index is 4.92. The van der Waals surface area contributed by atoms with E-state index in [2.05, 4.69) is 48.2 Å². The second kappa shape index (κ2) is 5.41. The van der Waals surface area contributed by atoms with E-state index in [9.17, 15) is 0 Å². The average Bonchev–Trinajstić information content (AvgIpc) is 3.02. The van der Waals surface area contributed by atoms with Gasteiger partial charge >= 0.3 is 0 Å². The van der Waals surface area contributed by atoms with E-state index in [1.165, 1.54) is 18.8 Å². The SMILES string of the molecule is CCN1CCC(c2nc3cccnc3n2CC(C)(C)C)C1. The predicted molar refractivity (Wildman–Crippen MR) is 86.5 cm³/mol. The molecule has 114 valence electrons. The minimum absolute atomic E-state index is 0.225. The monoisotopic (exact) mass is 286 g/mol. The van der Waals surface area contributed by atoms with Crippen LogP contribution in [0.5, 0.6) is 0 Å². The van der Waals surface area contributed by atoms with Crippen LogP contribution in [0, 0.1) is 5.41 Å². The Morgan fingerprint density at radius 3 is 2.81 bits per heavy atom. The van der Waals surface area contributed by atoms with E-state index >= 15 is 0 Å². The third-order valence-corrected chi connectivity index (χ3v) is 4.25. The van der Waals surface area contributed by atoms with Crippen molar-refractivity contribution < 1.29 is 0 Å². The van der Waals surface area contributed by atoms with Crippen molar-refractivity contribution in [2.24, 2.45) is 5.41 Å². The molecule has 4 nitrogen and oxygen atoms in total. The molecule has 0 bridgehead atoms. The Morgan fingerprint density at radius 1 is 1.33 bits per heavy atom. The van der Waals surface area contributed by atoms with Crippen molar-refractivity contribution in [1.82, 2.24) is 19.4 Å². The van der Waals surface area contributed by atoms with E-state index in [1.807, 2.05) is 12.3 Å². The summed E-state index contributed by atoms with van der Waals surface area (Å²) in [5.74, 6) is 1.77. The number of hydrogen-bond acceptors (Lipinski definition) is 3. The van der Waals surface area contributed by atoms with Crippen molar-refractivity contribution in [1.29, 1.82) is 0 Å². The molecule has 0 radical (unpaired) electrons. The second-order valence-corrected chi connectivity index (χ2v) is 7.34. The quantitative estimate of drug-likeness (QED) is 0.868. The number of likely N-dealkylation sites (N-methyl/N-ethyl adjacent to an activating group) is 1. The Morgan fingerprint density at radius 2 is 2.14 bits per heavy atom. The highest BCUT2D eigenvalue weighted by Gasteiger charge is 2.29. The van der Waals surface area contributed by atoms with E-state index < -0.39 is 0 Å². The van der Waals surface area contributed by atoms with E-state index in [4.69, 9.17) is 4.98 Å². The molecule has 1 atom stereocenters. The van der Waals surface area contributed by atoms with Gasteiger partial charge < -0.3 is 9.47 Å². The zero-order valence-electron chi connectivity index (χ0n) is 13.6. The van der Waals surface area contributed by atoms with E-state index in [0.717, 1.165) is 30.8 Å². The zero-order valence-corrected chi connectivity index (χ0v) is 13.6. The van der Waals surface area contributed by atoms with Crippen LogP contribution in [-0.4, -0.2) is 39.1 Å². The molecule has 1 aliphatic rings. The molecule has 2 aromatic rings. The van der Waals surface area contributed by atoms with E-state index in [-0.39, 0.29) is 5.41 Å². The highest BCUT2D eigenvalue weighted by Crippen LogP contribution is 2.31. The summed E-state index contributed by atoms with van der Waals surface area (Å²) in [6, 6.07) is 4.06. The number of likely N-dealkylation sites (tertiary alicyclic amines) is 1. The fraction of sp³-hybridized carbons (Fsp3) is 0.647. The molecule has 1 fully saturated rings. The van der Waals surface area contributed by atoms with Crippen LogP contribution in [0.3, 0.4) is 0 Å². The van der Waals surface area contributed by atoms with Crippen molar-refractivity contribution in [2.45, 2.75) is 46.6 Å². The molecule has 1 saturated heterocycles. The second-order valence-electron chi connectivity index (χ2n) is 7.34. The summed E-state index contributed by atoms with van der Waals surface area (Å²) in [5.41, 5.74) is 2.30. The van der Waals surface area contributed by atoms with Crippen LogP contribution in [0.1, 0.15) is 45.9 Å². The summed E-state index contributed by atoms with van der Waals surface area (Å²) in [6.45, 7) is 13.5. The smallest absolute Gasteiger partial charge is 0.160 e. The Hall–Kier alpha value is -1.42. The third kappa shape index (κ3) is 2.95. The van der Waals surface area contributed by atoms with Crippen molar-refractivity contribution >= 4 is 11.2 Å². The lowest BCUT2D eigenvalue weighted by Crippen LogP contribution is -2.22. The number of imidazole rings is 1. The molecule has 0 aromatic carbocycles. The largest absolute Gasteiger partial charge is 0.312 e. The van der Waals surface area contributed by atoms with Crippen molar-refractivity contribution in [2.75, 3.05) is 19.6 Å². The normalized spacial score (nSPS) is 20.5. The molecule has 1 unspecified atom stereocenters. The fourth-order valence-corrected chi connectivity index (χ4v) is 3.25. The molecule has 4 heteroatoms. The summed E-state index contributed by atoms with van der Waals surface area (Å²) in [6.07, 6.45) is 3.08. The maximum absolute atomic E-state index is 4.92. The maximum Gasteiger partial charge on any atom is 0.160 e. The zero-order chi connectivity index (χ0) is 15.0. The molecule has 0 N–H and O–H groups in total. The first-order chi connectivity index (χ1) is 9.98. The van der Waals surface area contributed by atoms with Crippen LogP contribution in [0.2, 0.25) is 0 Å². The van der Waals surface area contributed by atoms with Crippen molar-refractivity contribution in [3.63, 3.8) is 0 Å². The number of hydrogen-bond donors (Lipinski definition) is 0. The van der Waals surface area contributed by atoms with Crippen LogP contribution >= 0.6 is 0 Å². The number of aromatic nitrogens is 3. The van der Waals surface area contributed by atoms with Crippen molar-refractivity contribution in [3.05, 3.63) is 24.2 Å². The molecule has 0 amide bonds. The minimum Gasteiger partial charge on any atom is -0.312 e. The lowest BCUT2D eigenvalue weighted by Gasteiger charge is -2.22. The Bertz CT molecular complexity index is 623. The van der Waals surface area contributed by atoms with Gasteiger partial charge in [-0.1, -0.05) is 27.7 Å². The van der Waals surface area contributed by atoms with Gasteiger partial charge in [-0.2, -0.15) is 0 Å². The van der Waals surface area contributed by atoms with Gasteiger partial charge in [-0.3, -0.25) is 0 Å². The first-order valence-electron chi connectivity index (χ1n) is 8.01. The molecule has 21 heavy (non-hydrogen) atoms. The number of fused-ring (bicyclic) bond motifs is 1. The Balaban J connectivity index is 2.02. The van der Waals surface area contributed by atoms with Crippen molar-refractivity contribution in [3.8, 4) is 0 Å². The van der Waals surface area contributed by atoms with Crippen LogP contribution in [0.4, 0.5) is 0 Å². The molecule has 3 heterocycles. The van der Waals surface area contributed by atoms with E-state index in [0.29, 0.717) is 5.92 Å². The van der Waals surface area contributed by atoms with Crippen LogP contribution in [0.25, 0.3) is 11.2 Å². The third-order valence-electron chi connectivity index (χ3n) is 4.25. The van der Waals surface area contributed by atoms with Gasteiger partial charge in [-0.15, -0.1) is 0 Å². The van der Waals surface area contributed by atoms with E-state index in [1.54, 1.807) is 0 Å². The summed E-state index contributed by atoms with van der Waals surface area (Å²) >= 11 is 0. The van der Waals surface area contributed by atoms with Crippen LogP contribution in [0.15, 0.2) is 18.3 Å². The predicted octanol–water partition coefficient (Wildman–Crippen LogP) is 3.29. The number of rotatable bonds is 3. The first kappa shape index (κ1) is 14.5.